The third kappa shape index (κ3) is 2.39. The van der Waals surface area contributed by atoms with Gasteiger partial charge in [-0.2, -0.15) is 0 Å². The number of imidazole rings is 1. The van der Waals surface area contributed by atoms with Crippen LogP contribution in [0.25, 0.3) is 5.78 Å². The average molecular weight is 351 g/mol. The molecule has 1 saturated heterocycles. The van der Waals surface area contributed by atoms with Crippen LogP contribution in [0.1, 0.15) is 36.2 Å². The minimum atomic E-state index is -0.395. The van der Waals surface area contributed by atoms with E-state index in [-0.39, 0.29) is 17.6 Å². The van der Waals surface area contributed by atoms with Crippen molar-refractivity contribution in [2.75, 3.05) is 13.7 Å². The normalized spacial score (nSPS) is 29.9. The maximum absolute atomic E-state index is 13.0. The minimum Gasteiger partial charge on any atom is -0.393 e. The number of rotatable bonds is 2. The van der Waals surface area contributed by atoms with Gasteiger partial charge in [-0.1, -0.05) is 11.6 Å². The summed E-state index contributed by atoms with van der Waals surface area (Å²) < 4.78 is 7.43. The molecule has 1 N–H and O–H groups in total. The van der Waals surface area contributed by atoms with Crippen molar-refractivity contribution < 1.29 is 14.6 Å². The van der Waals surface area contributed by atoms with Gasteiger partial charge < -0.3 is 14.7 Å². The number of halogens is 1. The molecule has 3 heterocycles. The summed E-state index contributed by atoms with van der Waals surface area (Å²) in [5.74, 6) is 0.276. The quantitative estimate of drug-likeness (QED) is 0.888. The monoisotopic (exact) mass is 350 g/mol. The Hall–Kier alpha value is -1.70. The van der Waals surface area contributed by atoms with Gasteiger partial charge >= 0.3 is 0 Å². The Morgan fingerprint density at radius 3 is 3.08 bits per heavy atom. The van der Waals surface area contributed by atoms with Crippen LogP contribution in [0, 0.1) is 0 Å². The molecular formula is C16H19ClN4O3. The fraction of sp³-hybridized carbons (Fsp3) is 0.562. The molecule has 2 aromatic rings. The smallest absolute Gasteiger partial charge is 0.274 e. The first-order valence-electron chi connectivity index (χ1n) is 8.07. The first-order chi connectivity index (χ1) is 11.5. The molecule has 24 heavy (non-hydrogen) atoms. The van der Waals surface area contributed by atoms with Gasteiger partial charge in [0.2, 0.25) is 5.78 Å². The van der Waals surface area contributed by atoms with E-state index >= 15 is 0 Å². The van der Waals surface area contributed by atoms with Gasteiger partial charge in [0.05, 0.1) is 29.0 Å². The topological polar surface area (TPSA) is 80.0 Å². The Morgan fingerprint density at radius 1 is 1.46 bits per heavy atom. The standard InChI is InChI=1S/C16H19ClN4O3/c1-24-16-3-2-11(22)6-13(16)21(5-4-16)14(23)12-9-20-8-10(17)7-18-15(20)19-12/h7-9,11,13,22H,2-6H2,1H3/t11-,13-,16+/m0/s1. The fourth-order valence-corrected chi connectivity index (χ4v) is 4.18. The Labute approximate surface area is 144 Å². The number of fused-ring (bicyclic) bond motifs is 2. The third-order valence-corrected chi connectivity index (χ3v) is 5.52. The molecule has 4 rings (SSSR count). The zero-order chi connectivity index (χ0) is 16.9. The van der Waals surface area contributed by atoms with Gasteiger partial charge in [-0.05, 0) is 25.7 Å². The van der Waals surface area contributed by atoms with Crippen LogP contribution in [-0.2, 0) is 4.74 Å². The summed E-state index contributed by atoms with van der Waals surface area (Å²) >= 11 is 5.93. The summed E-state index contributed by atoms with van der Waals surface area (Å²) in [4.78, 5) is 23.2. The van der Waals surface area contributed by atoms with Gasteiger partial charge in [-0.25, -0.2) is 9.97 Å². The number of hydrogen-bond acceptors (Lipinski definition) is 5. The van der Waals surface area contributed by atoms with Crippen LogP contribution in [0.5, 0.6) is 0 Å². The summed E-state index contributed by atoms with van der Waals surface area (Å²) in [7, 11) is 1.69. The number of carbonyl (C=O) groups is 1. The molecule has 2 aliphatic rings. The predicted octanol–water partition coefficient (Wildman–Crippen LogP) is 1.53. The zero-order valence-electron chi connectivity index (χ0n) is 13.4. The second kappa shape index (κ2) is 5.68. The predicted molar refractivity (Wildman–Crippen MR) is 87.0 cm³/mol. The Kier molecular flexibility index (Phi) is 3.74. The SMILES string of the molecule is CO[C@@]12CC[C@H](O)C[C@@H]1N(C(=O)c1cn3cc(Cl)cnc3n1)CC2. The molecule has 1 saturated carbocycles. The highest BCUT2D eigenvalue weighted by molar-refractivity contribution is 6.30. The number of aliphatic hydroxyl groups excluding tert-OH is 1. The molecule has 1 aliphatic carbocycles. The lowest BCUT2D eigenvalue weighted by Crippen LogP contribution is -2.52. The molecule has 1 aliphatic heterocycles. The molecule has 128 valence electrons. The molecule has 0 bridgehead atoms. The first-order valence-corrected chi connectivity index (χ1v) is 8.45. The minimum absolute atomic E-state index is 0.125. The van der Waals surface area contributed by atoms with E-state index in [1.54, 1.807) is 28.8 Å². The van der Waals surface area contributed by atoms with Gasteiger partial charge in [-0.3, -0.25) is 9.20 Å². The fourth-order valence-electron chi connectivity index (χ4n) is 4.03. The number of hydrogen-bond donors (Lipinski definition) is 1. The number of amides is 1. The van der Waals surface area contributed by atoms with E-state index in [0.29, 0.717) is 35.9 Å². The summed E-state index contributed by atoms with van der Waals surface area (Å²) in [5.41, 5.74) is -0.0213. The molecule has 0 spiro atoms. The number of likely N-dealkylation sites (tertiary alicyclic amines) is 1. The second-order valence-corrected chi connectivity index (χ2v) is 7.00. The lowest BCUT2D eigenvalue weighted by Gasteiger charge is -2.42. The molecule has 8 heteroatoms. The van der Waals surface area contributed by atoms with Crippen LogP contribution >= 0.6 is 11.6 Å². The lowest BCUT2D eigenvalue weighted by atomic mass is 9.79. The van der Waals surface area contributed by atoms with Crippen molar-refractivity contribution in [1.29, 1.82) is 0 Å². The van der Waals surface area contributed by atoms with E-state index in [9.17, 15) is 9.90 Å². The largest absolute Gasteiger partial charge is 0.393 e. The van der Waals surface area contributed by atoms with Crippen molar-refractivity contribution in [2.45, 2.75) is 43.4 Å². The van der Waals surface area contributed by atoms with E-state index in [0.717, 1.165) is 12.8 Å². The summed E-state index contributed by atoms with van der Waals surface area (Å²) in [6.07, 6.45) is 7.21. The number of aliphatic hydroxyl groups is 1. The summed E-state index contributed by atoms with van der Waals surface area (Å²) in [5, 5.41) is 10.5. The average Bonchev–Trinajstić information content (AvgIpc) is 3.15. The Balaban J connectivity index is 1.65. The molecule has 0 radical (unpaired) electrons. The Morgan fingerprint density at radius 2 is 2.29 bits per heavy atom. The van der Waals surface area contributed by atoms with Gasteiger partial charge in [0, 0.05) is 26.0 Å². The highest BCUT2D eigenvalue weighted by Gasteiger charge is 2.52. The van der Waals surface area contributed by atoms with Gasteiger partial charge in [0.15, 0.2) is 0 Å². The van der Waals surface area contributed by atoms with Gasteiger partial charge in [0.1, 0.15) is 5.69 Å². The van der Waals surface area contributed by atoms with Crippen molar-refractivity contribution in [1.82, 2.24) is 19.3 Å². The van der Waals surface area contributed by atoms with Crippen molar-refractivity contribution in [3.8, 4) is 0 Å². The summed E-state index contributed by atoms with van der Waals surface area (Å²) in [6, 6.07) is -0.125. The van der Waals surface area contributed by atoms with Crippen LogP contribution in [-0.4, -0.2) is 61.7 Å². The summed E-state index contributed by atoms with van der Waals surface area (Å²) in [6.45, 7) is 0.603. The van der Waals surface area contributed by atoms with E-state index in [1.807, 2.05) is 0 Å². The van der Waals surface area contributed by atoms with Crippen LogP contribution in [0.4, 0.5) is 0 Å². The lowest BCUT2D eigenvalue weighted by molar-refractivity contribution is -0.0824. The second-order valence-electron chi connectivity index (χ2n) is 6.57. The van der Waals surface area contributed by atoms with E-state index < -0.39 is 6.10 Å². The zero-order valence-corrected chi connectivity index (χ0v) is 14.1. The number of nitrogens with zero attached hydrogens (tertiary/aromatic N) is 4. The molecule has 1 amide bonds. The van der Waals surface area contributed by atoms with Crippen molar-refractivity contribution in [2.24, 2.45) is 0 Å². The third-order valence-electron chi connectivity index (χ3n) is 5.32. The Bertz CT molecular complexity index is 795. The molecule has 7 nitrogen and oxygen atoms in total. The van der Waals surface area contributed by atoms with Crippen molar-refractivity contribution in [3.63, 3.8) is 0 Å². The van der Waals surface area contributed by atoms with Crippen LogP contribution in [0.15, 0.2) is 18.6 Å². The van der Waals surface area contributed by atoms with Crippen LogP contribution in [0.3, 0.4) is 0 Å². The number of methoxy groups -OCH3 is 1. The highest BCUT2D eigenvalue weighted by atomic mass is 35.5. The highest BCUT2D eigenvalue weighted by Crippen LogP contribution is 2.42. The maximum atomic E-state index is 13.0. The van der Waals surface area contributed by atoms with Crippen LogP contribution in [0.2, 0.25) is 5.02 Å². The van der Waals surface area contributed by atoms with Crippen molar-refractivity contribution >= 4 is 23.3 Å². The molecule has 0 aromatic carbocycles. The van der Waals surface area contributed by atoms with Crippen LogP contribution < -0.4 is 0 Å². The molecular weight excluding hydrogens is 332 g/mol. The van der Waals surface area contributed by atoms with Gasteiger partial charge in [-0.15, -0.1) is 0 Å². The first kappa shape index (κ1) is 15.8. The maximum Gasteiger partial charge on any atom is 0.274 e. The molecule has 2 fully saturated rings. The molecule has 3 atom stereocenters. The van der Waals surface area contributed by atoms with E-state index in [1.165, 1.54) is 6.20 Å². The van der Waals surface area contributed by atoms with Gasteiger partial charge in [0.25, 0.3) is 5.91 Å². The van der Waals surface area contributed by atoms with Crippen molar-refractivity contribution in [3.05, 3.63) is 29.3 Å². The molecule has 0 unspecified atom stereocenters. The number of ether oxygens (including phenoxy) is 1. The number of carbonyl (C=O) groups excluding carboxylic acids is 1. The molecule has 2 aromatic heterocycles. The van der Waals surface area contributed by atoms with E-state index in [2.05, 4.69) is 9.97 Å². The van der Waals surface area contributed by atoms with E-state index in [4.69, 9.17) is 16.3 Å². The number of aromatic nitrogens is 3.